The van der Waals surface area contributed by atoms with Crippen LogP contribution in [0.2, 0.25) is 0 Å². The Bertz CT molecular complexity index is 1390. The molecule has 3 heteroatoms. The summed E-state index contributed by atoms with van der Waals surface area (Å²) in [4.78, 5) is 0. The second-order valence-electron chi connectivity index (χ2n) is 7.52. The average Bonchev–Trinajstić information content (AvgIpc) is 3.39. The Morgan fingerprint density at radius 3 is 1.94 bits per heavy atom. The standard InChI is InChI=1S/C20H15.C9H7.2ClH.Zr/c1-14-12-16-8-5-11-19(20(16)13-14)18-10-4-7-15-6-2-3-9-17(15)18;1-2-5-9-7-3-6-8(9)4-1;;;/h2-13H,1H3;1-7H;2*1H;/q2*-1;;;+4/p-2. The molecule has 0 amide bonds. The maximum Gasteiger partial charge on any atom is 4.00 e. The molecule has 156 valence electrons. The minimum absolute atomic E-state index is 0. The van der Waals surface area contributed by atoms with Gasteiger partial charge in [0.25, 0.3) is 0 Å². The Labute approximate surface area is 220 Å². The van der Waals surface area contributed by atoms with Gasteiger partial charge in [-0.2, -0.15) is 23.6 Å². The SMILES string of the molecule is Cc1cc2c(-c3cccc4ccccc34)cccc2[cH-]1.[Cl-].[Cl-].[Zr+4].c1ccc2[cH-]ccc2c1. The molecule has 0 radical (unpaired) electrons. The van der Waals surface area contributed by atoms with Crippen LogP contribution in [0.1, 0.15) is 5.56 Å². The molecule has 0 aliphatic heterocycles. The number of rotatable bonds is 1. The minimum Gasteiger partial charge on any atom is -1.00 e. The van der Waals surface area contributed by atoms with E-state index in [0.29, 0.717) is 0 Å². The molecule has 6 aromatic carbocycles. The Morgan fingerprint density at radius 1 is 0.562 bits per heavy atom. The first kappa shape index (κ1) is 26.1. The van der Waals surface area contributed by atoms with Gasteiger partial charge in [-0.25, -0.2) is 0 Å². The molecule has 0 unspecified atom stereocenters. The molecule has 0 heterocycles. The monoisotopic (exact) mass is 530 g/mol. The maximum absolute atomic E-state index is 2.28. The van der Waals surface area contributed by atoms with Gasteiger partial charge < -0.3 is 24.8 Å². The summed E-state index contributed by atoms with van der Waals surface area (Å²) in [5.41, 5.74) is 3.97. The van der Waals surface area contributed by atoms with Gasteiger partial charge in [-0.05, 0) is 16.3 Å². The van der Waals surface area contributed by atoms with Gasteiger partial charge in [0.15, 0.2) is 0 Å². The van der Waals surface area contributed by atoms with E-state index >= 15 is 0 Å². The van der Waals surface area contributed by atoms with Crippen molar-refractivity contribution in [3.05, 3.63) is 121 Å². The minimum atomic E-state index is 0. The number of benzene rings is 4. The van der Waals surface area contributed by atoms with Gasteiger partial charge >= 0.3 is 26.2 Å². The Hall–Kier alpha value is -2.18. The van der Waals surface area contributed by atoms with E-state index in [1.165, 1.54) is 49.0 Å². The van der Waals surface area contributed by atoms with Gasteiger partial charge in [-0.15, -0.1) is 64.2 Å². The first-order valence-corrected chi connectivity index (χ1v) is 10.0. The van der Waals surface area contributed by atoms with Crippen LogP contribution in [0.5, 0.6) is 0 Å². The summed E-state index contributed by atoms with van der Waals surface area (Å²) in [7, 11) is 0. The van der Waals surface area contributed by atoms with Crippen molar-refractivity contribution in [3.63, 3.8) is 0 Å². The fourth-order valence-electron chi connectivity index (χ4n) is 4.15. The summed E-state index contributed by atoms with van der Waals surface area (Å²) in [5.74, 6) is 0. The van der Waals surface area contributed by atoms with E-state index in [1.54, 1.807) is 0 Å². The van der Waals surface area contributed by atoms with Crippen LogP contribution in [-0.4, -0.2) is 0 Å². The molecule has 0 aliphatic carbocycles. The molecular weight excluding hydrogens is 510 g/mol. The number of hydrogen-bond acceptors (Lipinski definition) is 0. The topological polar surface area (TPSA) is 0 Å². The number of fused-ring (bicyclic) bond motifs is 3. The van der Waals surface area contributed by atoms with Gasteiger partial charge in [0.05, 0.1) is 0 Å². The van der Waals surface area contributed by atoms with Crippen LogP contribution >= 0.6 is 0 Å². The van der Waals surface area contributed by atoms with Crippen LogP contribution in [0.25, 0.3) is 43.4 Å². The molecule has 0 saturated carbocycles. The first-order valence-electron chi connectivity index (χ1n) is 10.0. The van der Waals surface area contributed by atoms with Crippen molar-refractivity contribution in [2.75, 3.05) is 0 Å². The van der Waals surface area contributed by atoms with E-state index in [1.807, 2.05) is 0 Å². The van der Waals surface area contributed by atoms with Crippen molar-refractivity contribution in [2.24, 2.45) is 0 Å². The molecule has 0 aromatic heterocycles. The smallest absolute Gasteiger partial charge is 1.00 e. The van der Waals surface area contributed by atoms with Crippen molar-refractivity contribution in [3.8, 4) is 11.1 Å². The van der Waals surface area contributed by atoms with Crippen LogP contribution < -0.4 is 24.8 Å². The molecule has 0 bridgehead atoms. The van der Waals surface area contributed by atoms with E-state index in [4.69, 9.17) is 0 Å². The van der Waals surface area contributed by atoms with Gasteiger partial charge in [-0.1, -0.05) is 67.1 Å². The first-order chi connectivity index (χ1) is 14.3. The largest absolute Gasteiger partial charge is 4.00 e. The number of halogens is 2. The van der Waals surface area contributed by atoms with Gasteiger partial charge in [0, 0.05) is 0 Å². The Morgan fingerprint density at radius 2 is 1.16 bits per heavy atom. The van der Waals surface area contributed by atoms with Crippen molar-refractivity contribution >= 4 is 32.3 Å². The van der Waals surface area contributed by atoms with Crippen molar-refractivity contribution in [1.29, 1.82) is 0 Å². The van der Waals surface area contributed by atoms with Crippen molar-refractivity contribution in [1.82, 2.24) is 0 Å². The molecule has 6 aromatic rings. The van der Waals surface area contributed by atoms with Gasteiger partial charge in [-0.3, -0.25) is 0 Å². The van der Waals surface area contributed by atoms with Crippen LogP contribution in [-0.2, 0) is 26.2 Å². The van der Waals surface area contributed by atoms with Crippen molar-refractivity contribution < 1.29 is 51.0 Å². The molecular formula is C29H22Cl2Zr. The summed E-state index contributed by atoms with van der Waals surface area (Å²) in [5, 5.41) is 7.95. The molecule has 0 N–H and O–H groups in total. The van der Waals surface area contributed by atoms with Crippen LogP contribution in [0.3, 0.4) is 0 Å². The zero-order valence-corrected chi connectivity index (χ0v) is 21.7. The fraction of sp³-hybridized carbons (Fsp3) is 0.0345. The molecule has 0 aliphatic rings. The molecule has 6 rings (SSSR count). The normalized spacial score (nSPS) is 9.91. The predicted molar refractivity (Wildman–Crippen MR) is 127 cm³/mol. The number of hydrogen-bond donors (Lipinski definition) is 0. The quantitative estimate of drug-likeness (QED) is 0.285. The Kier molecular flexibility index (Phi) is 9.47. The predicted octanol–water partition coefficient (Wildman–Crippen LogP) is 2.25. The molecule has 0 nitrogen and oxygen atoms in total. The summed E-state index contributed by atoms with van der Waals surface area (Å²) >= 11 is 0. The van der Waals surface area contributed by atoms with E-state index in [-0.39, 0.29) is 51.0 Å². The van der Waals surface area contributed by atoms with Gasteiger partial charge in [0.1, 0.15) is 0 Å². The van der Waals surface area contributed by atoms with Crippen molar-refractivity contribution in [2.45, 2.75) is 6.92 Å². The van der Waals surface area contributed by atoms with E-state index in [2.05, 4.69) is 122 Å². The second-order valence-corrected chi connectivity index (χ2v) is 7.52. The van der Waals surface area contributed by atoms with Crippen LogP contribution in [0.4, 0.5) is 0 Å². The van der Waals surface area contributed by atoms with Gasteiger partial charge in [0.2, 0.25) is 0 Å². The van der Waals surface area contributed by atoms with Crippen LogP contribution in [0, 0.1) is 6.92 Å². The van der Waals surface area contributed by atoms with E-state index in [0.717, 1.165) is 0 Å². The summed E-state index contributed by atoms with van der Waals surface area (Å²) in [6.45, 7) is 2.16. The maximum atomic E-state index is 2.28. The number of aryl methyl sites for hydroxylation is 1. The second kappa shape index (κ2) is 11.6. The van der Waals surface area contributed by atoms with E-state index in [9.17, 15) is 0 Å². The summed E-state index contributed by atoms with van der Waals surface area (Å²) in [6.07, 6.45) is 0. The summed E-state index contributed by atoms with van der Waals surface area (Å²) in [6, 6.07) is 40.9. The Balaban J connectivity index is 0.000000259. The third-order valence-corrected chi connectivity index (χ3v) is 5.52. The van der Waals surface area contributed by atoms with E-state index < -0.39 is 0 Å². The zero-order valence-electron chi connectivity index (χ0n) is 17.7. The average molecular weight is 533 g/mol. The summed E-state index contributed by atoms with van der Waals surface area (Å²) < 4.78 is 0. The molecule has 0 atom stereocenters. The third kappa shape index (κ3) is 5.24. The molecule has 0 spiro atoms. The van der Waals surface area contributed by atoms with Crippen LogP contribution in [0.15, 0.2) is 115 Å². The zero-order chi connectivity index (χ0) is 19.6. The third-order valence-electron chi connectivity index (χ3n) is 5.52. The molecule has 32 heavy (non-hydrogen) atoms. The fourth-order valence-corrected chi connectivity index (χ4v) is 4.15. The molecule has 0 fully saturated rings. The molecule has 0 saturated heterocycles.